The number of imidazole rings is 1. The summed E-state index contributed by atoms with van der Waals surface area (Å²) in [6.45, 7) is 5.27. The van der Waals surface area contributed by atoms with Crippen molar-refractivity contribution in [3.8, 4) is 39.7 Å². The maximum Gasteiger partial charge on any atom is 0.224 e. The summed E-state index contributed by atoms with van der Waals surface area (Å²) in [5.74, 6) is 0.511. The topological polar surface area (TPSA) is 138 Å². The maximum absolute atomic E-state index is 14.7. The van der Waals surface area contributed by atoms with Gasteiger partial charge in [0, 0.05) is 47.9 Å². The minimum Gasteiger partial charge on any atom is -0.492 e. The fourth-order valence-corrected chi connectivity index (χ4v) is 5.51. The average molecular weight is 592 g/mol. The van der Waals surface area contributed by atoms with Crippen LogP contribution >= 0.6 is 0 Å². The standard InChI is InChI=1S/C32H30FN9O2/c1-2-29(43)37-22-10-20(14-34-15-22)26-13-24-27(18-36-26)40-41-31(24)32-38-28-17-35-16-25(30(28)39-32)19-9-21(33)12-23(11-19)44-8-7-42-5-3-4-6-42/h9-18H,2-8H2,1H3,(H,37,43)(H,38,39)(H,40,41). The minimum absolute atomic E-state index is 0.0947. The molecule has 0 saturated carbocycles. The van der Waals surface area contributed by atoms with Crippen molar-refractivity contribution >= 4 is 33.5 Å². The number of ether oxygens (including phenoxy) is 1. The summed E-state index contributed by atoms with van der Waals surface area (Å²) in [6, 6.07) is 8.43. The Labute approximate surface area is 251 Å². The summed E-state index contributed by atoms with van der Waals surface area (Å²) in [5, 5.41) is 11.2. The monoisotopic (exact) mass is 591 g/mol. The number of rotatable bonds is 9. The van der Waals surface area contributed by atoms with Crippen molar-refractivity contribution in [2.75, 3.05) is 31.6 Å². The molecule has 0 bridgehead atoms. The Bertz CT molecular complexity index is 1980. The summed E-state index contributed by atoms with van der Waals surface area (Å²) in [5.41, 5.74) is 5.95. The van der Waals surface area contributed by atoms with Gasteiger partial charge in [0.2, 0.25) is 5.91 Å². The number of fused-ring (bicyclic) bond motifs is 2. The molecule has 0 unspecified atom stereocenters. The third-order valence-corrected chi connectivity index (χ3v) is 7.76. The van der Waals surface area contributed by atoms with Crippen molar-refractivity contribution < 1.29 is 13.9 Å². The zero-order valence-electron chi connectivity index (χ0n) is 24.1. The van der Waals surface area contributed by atoms with Crippen LogP contribution in [-0.2, 0) is 4.79 Å². The highest BCUT2D eigenvalue weighted by atomic mass is 19.1. The van der Waals surface area contributed by atoms with Crippen molar-refractivity contribution in [2.45, 2.75) is 26.2 Å². The van der Waals surface area contributed by atoms with E-state index in [-0.39, 0.29) is 5.91 Å². The zero-order chi connectivity index (χ0) is 30.0. The Morgan fingerprint density at radius 1 is 1.00 bits per heavy atom. The fourth-order valence-electron chi connectivity index (χ4n) is 5.51. The van der Waals surface area contributed by atoms with E-state index in [1.165, 1.54) is 25.0 Å². The first-order valence-corrected chi connectivity index (χ1v) is 14.6. The summed E-state index contributed by atoms with van der Waals surface area (Å²) in [4.78, 5) is 35.7. The molecular weight excluding hydrogens is 561 g/mol. The summed E-state index contributed by atoms with van der Waals surface area (Å²) >= 11 is 0. The molecule has 6 heterocycles. The quantitative estimate of drug-likeness (QED) is 0.198. The molecule has 5 aromatic heterocycles. The average Bonchev–Trinajstić information content (AvgIpc) is 3.80. The molecule has 0 radical (unpaired) electrons. The van der Waals surface area contributed by atoms with E-state index < -0.39 is 5.82 Å². The van der Waals surface area contributed by atoms with Gasteiger partial charge in [-0.05, 0) is 55.8 Å². The second-order valence-corrected chi connectivity index (χ2v) is 10.8. The Morgan fingerprint density at radius 3 is 2.73 bits per heavy atom. The molecule has 0 atom stereocenters. The number of amides is 1. The number of H-pyrrole nitrogens is 2. The molecule has 6 aromatic rings. The van der Waals surface area contributed by atoms with Crippen LogP contribution in [-0.4, -0.2) is 72.2 Å². The molecule has 0 aliphatic carbocycles. The van der Waals surface area contributed by atoms with Gasteiger partial charge >= 0.3 is 0 Å². The molecule has 1 saturated heterocycles. The number of aromatic amines is 2. The molecule has 44 heavy (non-hydrogen) atoms. The Hall–Kier alpha value is -5.23. The zero-order valence-corrected chi connectivity index (χ0v) is 24.1. The third kappa shape index (κ3) is 5.59. The smallest absolute Gasteiger partial charge is 0.224 e. The molecule has 3 N–H and O–H groups in total. The predicted molar refractivity (Wildman–Crippen MR) is 165 cm³/mol. The molecule has 11 nitrogen and oxygen atoms in total. The van der Waals surface area contributed by atoms with E-state index in [4.69, 9.17) is 9.72 Å². The van der Waals surface area contributed by atoms with Gasteiger partial charge in [-0.2, -0.15) is 5.10 Å². The van der Waals surface area contributed by atoms with Crippen LogP contribution in [0.5, 0.6) is 5.75 Å². The van der Waals surface area contributed by atoms with Gasteiger partial charge in [0.25, 0.3) is 0 Å². The van der Waals surface area contributed by atoms with Crippen LogP contribution in [0.1, 0.15) is 26.2 Å². The van der Waals surface area contributed by atoms with E-state index in [0.717, 1.165) is 36.1 Å². The second kappa shape index (κ2) is 11.8. The van der Waals surface area contributed by atoms with Crippen LogP contribution in [0.3, 0.4) is 0 Å². The SMILES string of the molecule is CCC(=O)Nc1cncc(-c2cc3c(-c4nc5c(-c6cc(F)cc(OCCN7CCCC7)c6)cncc5[nH]4)n[nH]c3cn2)c1. The summed E-state index contributed by atoms with van der Waals surface area (Å²) < 4.78 is 20.7. The van der Waals surface area contributed by atoms with Crippen LogP contribution in [0.15, 0.2) is 61.3 Å². The number of aromatic nitrogens is 7. The lowest BCUT2D eigenvalue weighted by Crippen LogP contribution is -2.25. The lowest BCUT2D eigenvalue weighted by atomic mass is 10.1. The Morgan fingerprint density at radius 2 is 1.86 bits per heavy atom. The van der Waals surface area contributed by atoms with Crippen LogP contribution < -0.4 is 10.1 Å². The fraction of sp³-hybridized carbons (Fsp3) is 0.250. The largest absolute Gasteiger partial charge is 0.492 e. The number of likely N-dealkylation sites (tertiary alicyclic amines) is 1. The van der Waals surface area contributed by atoms with Gasteiger partial charge < -0.3 is 15.0 Å². The van der Waals surface area contributed by atoms with Gasteiger partial charge in [-0.15, -0.1) is 0 Å². The van der Waals surface area contributed by atoms with Crippen LogP contribution in [0.2, 0.25) is 0 Å². The van der Waals surface area contributed by atoms with Crippen molar-refractivity contribution in [1.29, 1.82) is 0 Å². The predicted octanol–water partition coefficient (Wildman–Crippen LogP) is 5.59. The van der Waals surface area contributed by atoms with E-state index in [1.54, 1.807) is 37.9 Å². The van der Waals surface area contributed by atoms with E-state index in [0.29, 0.717) is 63.8 Å². The lowest BCUT2D eigenvalue weighted by molar-refractivity contribution is -0.115. The van der Waals surface area contributed by atoms with Gasteiger partial charge in [-0.25, -0.2) is 9.37 Å². The first kappa shape index (κ1) is 27.6. The highest BCUT2D eigenvalue weighted by Gasteiger charge is 2.18. The molecule has 1 amide bonds. The van der Waals surface area contributed by atoms with Gasteiger partial charge in [-0.3, -0.25) is 29.7 Å². The number of carbonyl (C=O) groups excluding carboxylic acids is 1. The number of carbonyl (C=O) groups is 1. The maximum atomic E-state index is 14.7. The van der Waals surface area contributed by atoms with Gasteiger partial charge in [0.15, 0.2) is 5.82 Å². The molecule has 222 valence electrons. The number of halogens is 1. The van der Waals surface area contributed by atoms with Crippen LogP contribution in [0.25, 0.3) is 55.8 Å². The molecule has 1 aliphatic heterocycles. The Balaban J connectivity index is 1.20. The third-order valence-electron chi connectivity index (χ3n) is 7.76. The lowest BCUT2D eigenvalue weighted by Gasteiger charge is -2.15. The van der Waals surface area contributed by atoms with E-state index in [9.17, 15) is 9.18 Å². The molecule has 7 rings (SSSR count). The van der Waals surface area contributed by atoms with Crippen molar-refractivity contribution in [1.82, 2.24) is 40.0 Å². The molecule has 1 fully saturated rings. The number of pyridine rings is 3. The van der Waals surface area contributed by atoms with E-state index in [1.807, 2.05) is 18.2 Å². The van der Waals surface area contributed by atoms with Gasteiger partial charge in [-0.1, -0.05) is 6.92 Å². The number of hydrogen-bond donors (Lipinski definition) is 3. The summed E-state index contributed by atoms with van der Waals surface area (Å²) in [6.07, 6.45) is 11.2. The normalized spacial score (nSPS) is 13.6. The van der Waals surface area contributed by atoms with Gasteiger partial charge in [0.05, 0.1) is 46.5 Å². The van der Waals surface area contributed by atoms with Gasteiger partial charge in [0.1, 0.15) is 23.9 Å². The van der Waals surface area contributed by atoms with E-state index >= 15 is 0 Å². The van der Waals surface area contributed by atoms with E-state index in [2.05, 4.69) is 40.3 Å². The highest BCUT2D eigenvalue weighted by molar-refractivity contribution is 5.97. The first-order chi connectivity index (χ1) is 21.5. The molecule has 12 heteroatoms. The second-order valence-electron chi connectivity index (χ2n) is 10.8. The highest BCUT2D eigenvalue weighted by Crippen LogP contribution is 2.34. The van der Waals surface area contributed by atoms with Crippen molar-refractivity contribution in [2.24, 2.45) is 0 Å². The number of nitrogens with one attached hydrogen (secondary N) is 3. The van der Waals surface area contributed by atoms with Crippen LogP contribution in [0, 0.1) is 5.82 Å². The molecular formula is C32H30FN9O2. The molecule has 1 aromatic carbocycles. The number of benzene rings is 1. The van der Waals surface area contributed by atoms with Crippen LogP contribution in [0.4, 0.5) is 10.1 Å². The number of anilines is 1. The molecule has 0 spiro atoms. The number of nitrogens with zero attached hydrogens (tertiary/aromatic N) is 6. The van der Waals surface area contributed by atoms with Crippen molar-refractivity contribution in [3.05, 3.63) is 67.1 Å². The van der Waals surface area contributed by atoms with Crippen molar-refractivity contribution in [3.63, 3.8) is 0 Å². The number of hydrogen-bond acceptors (Lipinski definition) is 8. The first-order valence-electron chi connectivity index (χ1n) is 14.6. The molecule has 1 aliphatic rings. The minimum atomic E-state index is -0.391. The summed E-state index contributed by atoms with van der Waals surface area (Å²) in [7, 11) is 0. The Kier molecular flexibility index (Phi) is 7.40.